The summed E-state index contributed by atoms with van der Waals surface area (Å²) in [5, 5.41) is 18.4. The van der Waals surface area contributed by atoms with Crippen molar-refractivity contribution < 1.29 is 24.5 Å². The van der Waals surface area contributed by atoms with E-state index in [1.54, 1.807) is 12.1 Å². The third-order valence-corrected chi connectivity index (χ3v) is 2.72. The highest BCUT2D eigenvalue weighted by molar-refractivity contribution is 6.27. The van der Waals surface area contributed by atoms with Gasteiger partial charge in [0.15, 0.2) is 11.9 Å². The third-order valence-electron chi connectivity index (χ3n) is 2.42. The molecule has 0 spiro atoms. The number of methoxy groups -OCH3 is 1. The lowest BCUT2D eigenvalue weighted by Gasteiger charge is -2.13. The van der Waals surface area contributed by atoms with Gasteiger partial charge in [-0.3, -0.25) is 4.79 Å². The summed E-state index contributed by atoms with van der Waals surface area (Å²) in [5.41, 5.74) is 0.566. The Hall–Kier alpha value is -1.59. The van der Waals surface area contributed by atoms with Gasteiger partial charge in [-0.2, -0.15) is 0 Å². The van der Waals surface area contributed by atoms with E-state index in [0.29, 0.717) is 11.3 Å². The van der Waals surface area contributed by atoms with E-state index in [1.807, 2.05) is 0 Å². The second kappa shape index (κ2) is 6.37. The van der Waals surface area contributed by atoms with E-state index < -0.39 is 12.1 Å². The van der Waals surface area contributed by atoms with Crippen molar-refractivity contribution in [1.29, 1.82) is 0 Å². The van der Waals surface area contributed by atoms with Crippen molar-refractivity contribution in [2.24, 2.45) is 0 Å². The molecule has 0 aliphatic carbocycles. The van der Waals surface area contributed by atoms with E-state index in [0.717, 1.165) is 0 Å². The number of ether oxygens (including phenoxy) is 1. The topological polar surface area (TPSA) is 83.8 Å². The number of alkyl halides is 1. The Bertz CT molecular complexity index is 458. The number of hydrogen-bond acceptors (Lipinski definition) is 4. The lowest BCUT2D eigenvalue weighted by molar-refractivity contribution is -0.147. The van der Waals surface area contributed by atoms with E-state index in [2.05, 4.69) is 0 Å². The highest BCUT2D eigenvalue weighted by Crippen LogP contribution is 2.24. The second-order valence-electron chi connectivity index (χ2n) is 3.65. The molecular weight excluding hydrogens is 260 g/mol. The summed E-state index contributed by atoms with van der Waals surface area (Å²) in [4.78, 5) is 22.1. The van der Waals surface area contributed by atoms with E-state index in [1.165, 1.54) is 13.2 Å². The van der Waals surface area contributed by atoms with Crippen molar-refractivity contribution in [3.8, 4) is 5.75 Å². The molecule has 1 atom stereocenters. The largest absolute Gasteiger partial charge is 0.497 e. The van der Waals surface area contributed by atoms with Crippen molar-refractivity contribution in [2.45, 2.75) is 12.5 Å². The van der Waals surface area contributed by atoms with Crippen molar-refractivity contribution in [1.82, 2.24) is 0 Å². The van der Waals surface area contributed by atoms with E-state index in [9.17, 15) is 14.7 Å². The molecule has 1 aromatic rings. The summed E-state index contributed by atoms with van der Waals surface area (Å²) >= 11 is 5.40. The van der Waals surface area contributed by atoms with Crippen molar-refractivity contribution in [2.75, 3.05) is 13.0 Å². The molecule has 1 rings (SSSR count). The van der Waals surface area contributed by atoms with Crippen LogP contribution in [0.4, 0.5) is 0 Å². The summed E-state index contributed by atoms with van der Waals surface area (Å²) in [6.45, 7) is 0. The molecule has 0 aliphatic rings. The molecule has 98 valence electrons. The van der Waals surface area contributed by atoms with Crippen LogP contribution >= 0.6 is 11.6 Å². The SMILES string of the molecule is COc1ccc(CC(=O)CCl)c(C(O)C(=O)O)c1. The number of ketones is 1. The number of rotatable bonds is 6. The highest BCUT2D eigenvalue weighted by Gasteiger charge is 2.21. The lowest BCUT2D eigenvalue weighted by atomic mass is 9.98. The summed E-state index contributed by atoms with van der Waals surface area (Å²) in [7, 11) is 1.43. The minimum Gasteiger partial charge on any atom is -0.497 e. The van der Waals surface area contributed by atoms with Crippen LogP contribution < -0.4 is 4.74 Å². The first-order valence-corrected chi connectivity index (χ1v) is 5.68. The summed E-state index contributed by atoms with van der Waals surface area (Å²) in [6.07, 6.45) is -1.72. The standard InChI is InChI=1S/C12H13ClO5/c1-18-9-3-2-7(4-8(14)6-13)10(5-9)11(15)12(16)17/h2-3,5,11,15H,4,6H2,1H3,(H,16,17). The van der Waals surface area contributed by atoms with Crippen LogP contribution in [0.3, 0.4) is 0 Å². The summed E-state index contributed by atoms with van der Waals surface area (Å²) in [5.74, 6) is -1.38. The molecule has 0 amide bonds. The van der Waals surface area contributed by atoms with Crippen molar-refractivity contribution >= 4 is 23.4 Å². The molecule has 1 unspecified atom stereocenters. The highest BCUT2D eigenvalue weighted by atomic mass is 35.5. The molecule has 1 aromatic carbocycles. The fourth-order valence-electron chi connectivity index (χ4n) is 1.51. The number of aliphatic hydroxyl groups is 1. The number of hydrogen-bond donors (Lipinski definition) is 2. The van der Waals surface area contributed by atoms with Crippen LogP contribution in [0, 0.1) is 0 Å². The Morgan fingerprint density at radius 1 is 1.44 bits per heavy atom. The maximum atomic E-state index is 11.3. The van der Waals surface area contributed by atoms with E-state index in [-0.39, 0.29) is 23.6 Å². The van der Waals surface area contributed by atoms with Gasteiger partial charge in [-0.15, -0.1) is 11.6 Å². The molecular formula is C12H13ClO5. The summed E-state index contributed by atoms with van der Waals surface area (Å²) < 4.78 is 4.96. The van der Waals surface area contributed by atoms with E-state index in [4.69, 9.17) is 21.4 Å². The first-order valence-electron chi connectivity index (χ1n) is 5.15. The molecule has 6 heteroatoms. The predicted molar refractivity (Wildman–Crippen MR) is 65.0 cm³/mol. The van der Waals surface area contributed by atoms with E-state index >= 15 is 0 Å². The second-order valence-corrected chi connectivity index (χ2v) is 3.92. The number of carboxylic acids is 1. The molecule has 0 saturated carbocycles. The number of carboxylic acid groups (broad SMARTS) is 1. The van der Waals surface area contributed by atoms with Gasteiger partial charge >= 0.3 is 5.97 Å². The molecule has 0 radical (unpaired) electrons. The fourth-order valence-corrected chi connectivity index (χ4v) is 1.60. The normalized spacial score (nSPS) is 11.9. The smallest absolute Gasteiger partial charge is 0.337 e. The lowest BCUT2D eigenvalue weighted by Crippen LogP contribution is -2.15. The van der Waals surface area contributed by atoms with Crippen molar-refractivity contribution in [3.63, 3.8) is 0 Å². The van der Waals surface area contributed by atoms with Crippen LogP contribution in [0.5, 0.6) is 5.75 Å². The monoisotopic (exact) mass is 272 g/mol. The van der Waals surface area contributed by atoms with Gasteiger partial charge in [0.05, 0.1) is 13.0 Å². The Balaban J connectivity index is 3.15. The van der Waals surface area contributed by atoms with Crippen LogP contribution in [0.1, 0.15) is 17.2 Å². The van der Waals surface area contributed by atoms with Crippen molar-refractivity contribution in [3.05, 3.63) is 29.3 Å². The van der Waals surface area contributed by atoms with Gasteiger partial charge in [-0.05, 0) is 23.3 Å². The van der Waals surface area contributed by atoms with Crippen LogP contribution in [-0.4, -0.2) is 35.0 Å². The number of carbonyl (C=O) groups is 2. The Labute approximate surface area is 109 Å². The molecule has 0 aromatic heterocycles. The van der Waals surface area contributed by atoms with Gasteiger partial charge in [0.2, 0.25) is 0 Å². The Kier molecular flexibility index (Phi) is 5.12. The van der Waals surface area contributed by atoms with Crippen LogP contribution in [0.15, 0.2) is 18.2 Å². The molecule has 18 heavy (non-hydrogen) atoms. The third kappa shape index (κ3) is 3.45. The zero-order chi connectivity index (χ0) is 13.7. The van der Waals surface area contributed by atoms with Gasteiger partial charge in [0.25, 0.3) is 0 Å². The minimum atomic E-state index is -1.70. The summed E-state index contributed by atoms with van der Waals surface area (Å²) in [6, 6.07) is 4.54. The molecule has 0 saturated heterocycles. The first kappa shape index (κ1) is 14.5. The average Bonchev–Trinajstić information content (AvgIpc) is 2.38. The van der Waals surface area contributed by atoms with Gasteiger partial charge in [-0.1, -0.05) is 6.07 Å². The molecule has 0 heterocycles. The number of aliphatic hydroxyl groups excluding tert-OH is 1. The average molecular weight is 273 g/mol. The first-order chi connectivity index (χ1) is 8.49. The molecule has 2 N–H and O–H groups in total. The molecule has 0 fully saturated rings. The van der Waals surface area contributed by atoms with Crippen LogP contribution in [-0.2, 0) is 16.0 Å². The quantitative estimate of drug-likeness (QED) is 0.759. The zero-order valence-corrected chi connectivity index (χ0v) is 10.5. The van der Waals surface area contributed by atoms with Gasteiger partial charge in [0.1, 0.15) is 5.75 Å². The maximum Gasteiger partial charge on any atom is 0.337 e. The Morgan fingerprint density at radius 2 is 2.11 bits per heavy atom. The van der Waals surface area contributed by atoms with Crippen LogP contribution in [0.2, 0.25) is 0 Å². The molecule has 0 bridgehead atoms. The van der Waals surface area contributed by atoms with Gasteiger partial charge < -0.3 is 14.9 Å². The van der Waals surface area contributed by atoms with Gasteiger partial charge in [0, 0.05) is 6.42 Å². The fraction of sp³-hybridized carbons (Fsp3) is 0.333. The number of Topliss-reactive ketones (excluding diaryl/α,β-unsaturated/α-hetero) is 1. The number of halogens is 1. The maximum absolute atomic E-state index is 11.3. The number of aliphatic carboxylic acids is 1. The number of benzene rings is 1. The zero-order valence-electron chi connectivity index (χ0n) is 9.72. The predicted octanol–water partition coefficient (Wildman–Crippen LogP) is 1.16. The Morgan fingerprint density at radius 3 is 2.61 bits per heavy atom. The molecule has 5 nitrogen and oxygen atoms in total. The minimum absolute atomic E-state index is 0.0207. The van der Waals surface area contributed by atoms with Crippen LogP contribution in [0.25, 0.3) is 0 Å². The molecule has 0 aliphatic heterocycles. The number of carbonyl (C=O) groups excluding carboxylic acids is 1. The van der Waals surface area contributed by atoms with Gasteiger partial charge in [-0.25, -0.2) is 4.79 Å².